The highest BCUT2D eigenvalue weighted by atomic mass is 32.2. The molecule has 2 rings (SSSR count). The van der Waals surface area contributed by atoms with Crippen molar-refractivity contribution >= 4 is 17.7 Å². The zero-order chi connectivity index (χ0) is 8.55. The lowest BCUT2D eigenvalue weighted by atomic mass is 9.73. The smallest absolute Gasteiger partial charge is 0.291 e. The Hall–Kier alpha value is 0.375. The summed E-state index contributed by atoms with van der Waals surface area (Å²) in [5.74, 6) is 1.05. The molecule has 1 heterocycles. The number of fused-ring (bicyclic) bond motifs is 1. The molecular weight excluding hydrogens is 165 g/mol. The number of rotatable bonds is 1. The summed E-state index contributed by atoms with van der Waals surface area (Å²) >= 11 is 2.23. The van der Waals surface area contributed by atoms with Crippen molar-refractivity contribution in [2.24, 2.45) is 5.92 Å². The molecule has 1 saturated carbocycles. The minimum Gasteiger partial charge on any atom is -0.338 e. The Morgan fingerprint density at radius 2 is 2.00 bits per heavy atom. The van der Waals surface area contributed by atoms with E-state index in [-0.39, 0.29) is 0 Å². The van der Waals surface area contributed by atoms with Crippen molar-refractivity contribution in [1.29, 1.82) is 0 Å². The third-order valence-corrected chi connectivity index (χ3v) is 5.15. The van der Waals surface area contributed by atoms with Crippen LogP contribution in [0.25, 0.3) is 0 Å². The molecule has 1 saturated heterocycles. The van der Waals surface area contributed by atoms with Gasteiger partial charge in [0, 0.05) is 0 Å². The molecule has 0 spiro atoms. The molecule has 12 heavy (non-hydrogen) atoms. The maximum absolute atomic E-state index is 2.39. The average molecular weight is 183 g/mol. The molecule has 1 nitrogen and oxygen atoms in total. The predicted molar refractivity (Wildman–Crippen MR) is 57.6 cm³/mol. The van der Waals surface area contributed by atoms with Crippen LogP contribution in [0.15, 0.2) is 0 Å². The Morgan fingerprint density at radius 1 is 1.25 bits per heavy atom. The maximum atomic E-state index is 2.39. The fraction of sp³-hybridized carbons (Fsp3) is 1.00. The largest absolute Gasteiger partial charge is 0.338 e. The van der Waals surface area contributed by atoms with Crippen LogP contribution in [0.2, 0.25) is 6.32 Å². The minimum atomic E-state index is 0.818. The van der Waals surface area contributed by atoms with E-state index in [0.717, 1.165) is 17.3 Å². The van der Waals surface area contributed by atoms with Gasteiger partial charge in [-0.15, -0.1) is 0 Å². The number of nitrogens with zero attached hydrogens (tertiary/aromatic N) is 1. The van der Waals surface area contributed by atoms with Gasteiger partial charge in [-0.05, 0) is 44.4 Å². The normalized spacial score (nSPS) is 35.8. The lowest BCUT2D eigenvalue weighted by Crippen LogP contribution is -2.27. The summed E-state index contributed by atoms with van der Waals surface area (Å²) < 4.78 is 0. The Bertz CT molecular complexity index is 149. The quantitative estimate of drug-likeness (QED) is 0.574. The molecule has 0 aromatic rings. The predicted octanol–water partition coefficient (Wildman–Crippen LogP) is 2.34. The van der Waals surface area contributed by atoms with Gasteiger partial charge >= 0.3 is 0 Å². The number of hydrogen-bond donors (Lipinski definition) is 0. The highest BCUT2D eigenvalue weighted by Gasteiger charge is 2.39. The molecule has 0 radical (unpaired) electrons. The Balaban J connectivity index is 1.94. The fourth-order valence-electron chi connectivity index (χ4n) is 2.47. The van der Waals surface area contributed by atoms with Gasteiger partial charge in [-0.2, -0.15) is 11.6 Å². The molecule has 0 N–H and O–H groups in total. The van der Waals surface area contributed by atoms with Gasteiger partial charge in [0.05, 0.1) is 0 Å². The van der Waals surface area contributed by atoms with Crippen LogP contribution in [0.3, 0.4) is 0 Å². The zero-order valence-electron chi connectivity index (χ0n) is 8.12. The van der Waals surface area contributed by atoms with Gasteiger partial charge < -0.3 is 4.81 Å². The first kappa shape index (κ1) is 8.95. The first-order chi connectivity index (χ1) is 5.77. The van der Waals surface area contributed by atoms with Crippen LogP contribution in [0.1, 0.15) is 25.7 Å². The third-order valence-electron chi connectivity index (χ3n) is 3.25. The van der Waals surface area contributed by atoms with Gasteiger partial charge in [0.25, 0.3) is 6.13 Å². The molecule has 68 valence electrons. The van der Waals surface area contributed by atoms with E-state index in [4.69, 9.17) is 0 Å². The zero-order valence-corrected chi connectivity index (χ0v) is 8.94. The van der Waals surface area contributed by atoms with Crippen molar-refractivity contribution in [3.63, 3.8) is 0 Å². The highest BCUT2D eigenvalue weighted by molar-refractivity contribution is 8.26. The monoisotopic (exact) mass is 183 g/mol. The van der Waals surface area contributed by atoms with Crippen molar-refractivity contribution < 1.29 is 0 Å². The molecule has 0 aromatic carbocycles. The first-order valence-corrected chi connectivity index (χ1v) is 6.03. The molecule has 1 aliphatic heterocycles. The summed E-state index contributed by atoms with van der Waals surface area (Å²) in [7, 11) is 4.43. The Kier molecular flexibility index (Phi) is 2.70. The molecule has 2 atom stereocenters. The molecular formula is C9H18BNS. The van der Waals surface area contributed by atoms with E-state index in [1.807, 2.05) is 0 Å². The van der Waals surface area contributed by atoms with E-state index in [1.165, 1.54) is 32.0 Å². The summed E-state index contributed by atoms with van der Waals surface area (Å²) in [6.07, 6.45) is 8.22. The number of hydrogen-bond acceptors (Lipinski definition) is 2. The van der Waals surface area contributed by atoms with Gasteiger partial charge in [-0.3, -0.25) is 0 Å². The van der Waals surface area contributed by atoms with Gasteiger partial charge in [0.2, 0.25) is 0 Å². The van der Waals surface area contributed by atoms with Crippen LogP contribution in [-0.4, -0.2) is 30.3 Å². The molecule has 1 aliphatic carbocycles. The van der Waals surface area contributed by atoms with Crippen molar-refractivity contribution in [3.8, 4) is 0 Å². The van der Waals surface area contributed by atoms with E-state index in [9.17, 15) is 0 Å². The van der Waals surface area contributed by atoms with Crippen LogP contribution in [-0.2, 0) is 0 Å². The lowest BCUT2D eigenvalue weighted by molar-refractivity contribution is 0.400. The van der Waals surface area contributed by atoms with Crippen LogP contribution in [0, 0.1) is 5.92 Å². The average Bonchev–Trinajstić information content (AvgIpc) is 2.46. The van der Waals surface area contributed by atoms with Gasteiger partial charge in [0.15, 0.2) is 0 Å². The Labute approximate surface area is 80.3 Å². The second-order valence-electron chi connectivity index (χ2n) is 4.37. The van der Waals surface area contributed by atoms with Crippen LogP contribution in [0.4, 0.5) is 0 Å². The van der Waals surface area contributed by atoms with E-state index < -0.39 is 0 Å². The maximum Gasteiger partial charge on any atom is 0.291 e. The molecule has 0 aromatic heterocycles. The van der Waals surface area contributed by atoms with Crippen molar-refractivity contribution in [3.05, 3.63) is 0 Å². The van der Waals surface area contributed by atoms with E-state index in [1.54, 1.807) is 0 Å². The minimum absolute atomic E-state index is 0.818. The summed E-state index contributed by atoms with van der Waals surface area (Å²) in [6, 6.07) is 0. The van der Waals surface area contributed by atoms with Crippen molar-refractivity contribution in [2.75, 3.05) is 14.1 Å². The summed E-state index contributed by atoms with van der Waals surface area (Å²) in [5.41, 5.74) is 0. The lowest BCUT2D eigenvalue weighted by Gasteiger charge is -2.23. The molecule has 2 fully saturated rings. The summed E-state index contributed by atoms with van der Waals surface area (Å²) in [6.45, 7) is 0. The highest BCUT2D eigenvalue weighted by Crippen LogP contribution is 2.45. The van der Waals surface area contributed by atoms with Crippen molar-refractivity contribution in [2.45, 2.75) is 37.3 Å². The first-order valence-electron chi connectivity index (χ1n) is 5.09. The molecule has 3 heteroatoms. The third kappa shape index (κ3) is 1.67. The van der Waals surface area contributed by atoms with Crippen LogP contribution in [0.5, 0.6) is 0 Å². The topological polar surface area (TPSA) is 3.24 Å². The summed E-state index contributed by atoms with van der Waals surface area (Å²) in [4.78, 5) is 2.39. The second kappa shape index (κ2) is 3.63. The summed E-state index contributed by atoms with van der Waals surface area (Å²) in [5, 5.41) is 1.01. The Morgan fingerprint density at radius 3 is 2.67 bits per heavy atom. The molecule has 2 aliphatic rings. The van der Waals surface area contributed by atoms with Gasteiger partial charge in [-0.1, -0.05) is 12.8 Å². The van der Waals surface area contributed by atoms with Gasteiger partial charge in [0.1, 0.15) is 0 Å². The molecule has 2 unspecified atom stereocenters. The SMILES string of the molecule is CN(C)B1CC2CCCCC2S1. The standard InChI is InChI=1S/C9H18BNS/c1-11(2)10-7-8-5-3-4-6-9(8)12-10/h8-9H,3-7H2,1-2H3. The van der Waals surface area contributed by atoms with Crippen LogP contribution >= 0.6 is 11.6 Å². The van der Waals surface area contributed by atoms with Gasteiger partial charge in [-0.25, -0.2) is 0 Å². The van der Waals surface area contributed by atoms with E-state index in [2.05, 4.69) is 30.5 Å². The van der Waals surface area contributed by atoms with Crippen molar-refractivity contribution in [1.82, 2.24) is 4.81 Å². The van der Waals surface area contributed by atoms with E-state index in [0.29, 0.717) is 0 Å². The van der Waals surface area contributed by atoms with Crippen LogP contribution < -0.4 is 0 Å². The second-order valence-corrected chi connectivity index (χ2v) is 5.79. The molecule has 0 bridgehead atoms. The molecule has 0 amide bonds. The fourth-order valence-corrected chi connectivity index (χ4v) is 4.25. The van der Waals surface area contributed by atoms with E-state index >= 15 is 0 Å².